The van der Waals surface area contributed by atoms with Gasteiger partial charge in [-0.1, -0.05) is 12.1 Å². The Labute approximate surface area is 185 Å². The number of para-hydroxylation sites is 1. The number of ether oxygens (including phenoxy) is 3. The highest BCUT2D eigenvalue weighted by Gasteiger charge is 2.12. The fraction of sp³-hybridized carbons (Fsp3) is 0.261. The number of hydrogen-bond acceptors (Lipinski definition) is 7. The smallest absolute Gasteiger partial charge is 0.226 e. The molecule has 3 rings (SSSR count). The minimum atomic E-state index is -0.130. The molecule has 1 N–H and O–H groups in total. The van der Waals surface area contributed by atoms with Gasteiger partial charge < -0.3 is 19.5 Å². The Morgan fingerprint density at radius 1 is 1.16 bits per heavy atom. The van der Waals surface area contributed by atoms with E-state index in [4.69, 9.17) is 19.5 Å². The second-order valence-electron chi connectivity index (χ2n) is 6.44. The molecule has 31 heavy (non-hydrogen) atoms. The van der Waals surface area contributed by atoms with Crippen LogP contribution in [0.5, 0.6) is 17.2 Å². The maximum atomic E-state index is 12.3. The maximum Gasteiger partial charge on any atom is 0.226 e. The Hall–Kier alpha value is -3.57. The SMILES string of the molecule is CCOc1ccccc1-c1csc(NC(=O)CCCOc2ccc(C#N)cc2OC)n1. The monoisotopic (exact) mass is 437 g/mol. The molecule has 7 nitrogen and oxygen atoms in total. The van der Waals surface area contributed by atoms with Crippen molar-refractivity contribution in [2.24, 2.45) is 0 Å². The highest BCUT2D eigenvalue weighted by atomic mass is 32.1. The van der Waals surface area contributed by atoms with Crippen LogP contribution in [0.2, 0.25) is 0 Å². The van der Waals surface area contributed by atoms with Crippen LogP contribution in [-0.2, 0) is 4.79 Å². The molecule has 0 saturated heterocycles. The molecule has 0 spiro atoms. The van der Waals surface area contributed by atoms with E-state index in [2.05, 4.69) is 16.4 Å². The third-order valence-corrected chi connectivity index (χ3v) is 5.07. The van der Waals surface area contributed by atoms with Gasteiger partial charge in [0.25, 0.3) is 0 Å². The van der Waals surface area contributed by atoms with Gasteiger partial charge in [-0.25, -0.2) is 4.98 Å². The van der Waals surface area contributed by atoms with Crippen LogP contribution in [0.3, 0.4) is 0 Å². The number of methoxy groups -OCH3 is 1. The van der Waals surface area contributed by atoms with Gasteiger partial charge >= 0.3 is 0 Å². The molecular formula is C23H23N3O4S. The predicted molar refractivity (Wildman–Crippen MR) is 120 cm³/mol. The lowest BCUT2D eigenvalue weighted by Gasteiger charge is -2.10. The van der Waals surface area contributed by atoms with Gasteiger partial charge in [0, 0.05) is 23.4 Å². The zero-order chi connectivity index (χ0) is 22.1. The van der Waals surface area contributed by atoms with Crippen molar-refractivity contribution < 1.29 is 19.0 Å². The van der Waals surface area contributed by atoms with E-state index >= 15 is 0 Å². The summed E-state index contributed by atoms with van der Waals surface area (Å²) in [6.07, 6.45) is 0.823. The highest BCUT2D eigenvalue weighted by molar-refractivity contribution is 7.14. The molecule has 160 valence electrons. The first-order valence-electron chi connectivity index (χ1n) is 9.83. The predicted octanol–water partition coefficient (Wildman–Crippen LogP) is 4.89. The number of anilines is 1. The van der Waals surface area contributed by atoms with Crippen LogP contribution in [0.1, 0.15) is 25.3 Å². The van der Waals surface area contributed by atoms with E-state index in [0.29, 0.717) is 48.2 Å². The summed E-state index contributed by atoms with van der Waals surface area (Å²) in [5.41, 5.74) is 2.15. The van der Waals surface area contributed by atoms with Gasteiger partial charge in [0.1, 0.15) is 5.75 Å². The first kappa shape index (κ1) is 22.1. The molecule has 0 radical (unpaired) electrons. The van der Waals surface area contributed by atoms with Gasteiger partial charge in [0.15, 0.2) is 16.6 Å². The fourth-order valence-electron chi connectivity index (χ4n) is 2.87. The van der Waals surface area contributed by atoms with Crippen molar-refractivity contribution >= 4 is 22.4 Å². The Kier molecular flexibility index (Phi) is 7.85. The summed E-state index contributed by atoms with van der Waals surface area (Å²) in [7, 11) is 1.52. The van der Waals surface area contributed by atoms with Crippen LogP contribution >= 0.6 is 11.3 Å². The summed E-state index contributed by atoms with van der Waals surface area (Å²) in [5, 5.41) is 14.2. The van der Waals surface area contributed by atoms with Gasteiger partial charge in [-0.2, -0.15) is 5.26 Å². The molecule has 0 saturated carbocycles. The fourth-order valence-corrected chi connectivity index (χ4v) is 3.59. The largest absolute Gasteiger partial charge is 0.493 e. The molecule has 1 amide bonds. The van der Waals surface area contributed by atoms with E-state index in [-0.39, 0.29) is 5.91 Å². The highest BCUT2D eigenvalue weighted by Crippen LogP contribution is 2.32. The Morgan fingerprint density at radius 2 is 2.00 bits per heavy atom. The third-order valence-electron chi connectivity index (χ3n) is 4.31. The number of aromatic nitrogens is 1. The lowest BCUT2D eigenvalue weighted by atomic mass is 10.1. The van der Waals surface area contributed by atoms with Crippen molar-refractivity contribution in [1.82, 2.24) is 4.98 Å². The number of thiazole rings is 1. The molecule has 0 bridgehead atoms. The quantitative estimate of drug-likeness (QED) is 0.454. The first-order valence-corrected chi connectivity index (χ1v) is 10.7. The van der Waals surface area contributed by atoms with Gasteiger partial charge in [-0.05, 0) is 37.6 Å². The Bertz CT molecular complexity index is 1070. The number of rotatable bonds is 10. The third kappa shape index (κ3) is 5.96. The summed E-state index contributed by atoms with van der Waals surface area (Å²) < 4.78 is 16.6. The van der Waals surface area contributed by atoms with E-state index in [0.717, 1.165) is 17.0 Å². The number of benzene rings is 2. The van der Waals surface area contributed by atoms with E-state index in [1.807, 2.05) is 36.6 Å². The Morgan fingerprint density at radius 3 is 2.77 bits per heavy atom. The second kappa shape index (κ2) is 11.0. The lowest BCUT2D eigenvalue weighted by molar-refractivity contribution is -0.116. The number of nitrogens with one attached hydrogen (secondary N) is 1. The van der Waals surface area contributed by atoms with Crippen LogP contribution in [0.4, 0.5) is 5.13 Å². The summed E-state index contributed by atoms with van der Waals surface area (Å²) in [4.78, 5) is 16.8. The molecule has 1 aromatic heterocycles. The average molecular weight is 438 g/mol. The van der Waals surface area contributed by atoms with E-state index in [1.54, 1.807) is 18.2 Å². The van der Waals surface area contributed by atoms with Gasteiger partial charge in [-0.3, -0.25) is 4.79 Å². The molecule has 8 heteroatoms. The van der Waals surface area contributed by atoms with Crippen molar-refractivity contribution in [3.63, 3.8) is 0 Å². The summed E-state index contributed by atoms with van der Waals surface area (Å²) >= 11 is 1.37. The zero-order valence-electron chi connectivity index (χ0n) is 17.4. The summed E-state index contributed by atoms with van der Waals surface area (Å²) in [6.45, 7) is 2.85. The summed E-state index contributed by atoms with van der Waals surface area (Å²) in [6, 6.07) is 14.7. The molecule has 3 aromatic rings. The van der Waals surface area contributed by atoms with Crippen LogP contribution in [0.25, 0.3) is 11.3 Å². The molecule has 0 unspecified atom stereocenters. The van der Waals surface area contributed by atoms with Gasteiger partial charge in [-0.15, -0.1) is 11.3 Å². The van der Waals surface area contributed by atoms with Crippen molar-refractivity contribution in [3.05, 3.63) is 53.4 Å². The number of nitrogens with zero attached hydrogens (tertiary/aromatic N) is 2. The minimum Gasteiger partial charge on any atom is -0.493 e. The maximum absolute atomic E-state index is 12.3. The topological polar surface area (TPSA) is 93.5 Å². The van der Waals surface area contributed by atoms with Crippen molar-refractivity contribution in [1.29, 1.82) is 5.26 Å². The number of carbonyl (C=O) groups excluding carboxylic acids is 1. The number of nitriles is 1. The number of hydrogen-bond donors (Lipinski definition) is 1. The van der Waals surface area contributed by atoms with Crippen LogP contribution < -0.4 is 19.5 Å². The standard InChI is InChI=1S/C23H23N3O4S/c1-3-29-19-8-5-4-7-17(19)18-15-31-23(25-18)26-22(27)9-6-12-30-20-11-10-16(14-24)13-21(20)28-2/h4-5,7-8,10-11,13,15H,3,6,9,12H2,1-2H3,(H,25,26,27). The van der Waals surface area contributed by atoms with Crippen molar-refractivity contribution in [3.8, 4) is 34.6 Å². The minimum absolute atomic E-state index is 0.130. The molecule has 0 aliphatic carbocycles. The van der Waals surface area contributed by atoms with E-state index < -0.39 is 0 Å². The summed E-state index contributed by atoms with van der Waals surface area (Å²) in [5.74, 6) is 1.67. The zero-order valence-corrected chi connectivity index (χ0v) is 18.2. The van der Waals surface area contributed by atoms with Crippen molar-refractivity contribution in [2.45, 2.75) is 19.8 Å². The van der Waals surface area contributed by atoms with Crippen molar-refractivity contribution in [2.75, 3.05) is 25.6 Å². The molecule has 0 fully saturated rings. The number of carbonyl (C=O) groups is 1. The van der Waals surface area contributed by atoms with Crippen LogP contribution in [0, 0.1) is 11.3 Å². The molecule has 0 aliphatic heterocycles. The normalized spacial score (nSPS) is 10.2. The van der Waals surface area contributed by atoms with Gasteiger partial charge in [0.05, 0.1) is 37.7 Å². The Balaban J connectivity index is 1.50. The van der Waals surface area contributed by atoms with E-state index in [1.165, 1.54) is 18.4 Å². The van der Waals surface area contributed by atoms with Gasteiger partial charge in [0.2, 0.25) is 5.91 Å². The van der Waals surface area contributed by atoms with Crippen LogP contribution in [0.15, 0.2) is 47.8 Å². The lowest BCUT2D eigenvalue weighted by Crippen LogP contribution is -2.12. The van der Waals surface area contributed by atoms with Crippen LogP contribution in [-0.4, -0.2) is 31.2 Å². The first-order chi connectivity index (χ1) is 15.1. The second-order valence-corrected chi connectivity index (χ2v) is 7.30. The molecule has 1 heterocycles. The molecule has 0 atom stereocenters. The van der Waals surface area contributed by atoms with E-state index in [9.17, 15) is 4.79 Å². The molecule has 2 aromatic carbocycles. The molecular weight excluding hydrogens is 414 g/mol. The average Bonchev–Trinajstić information content (AvgIpc) is 3.25. The molecule has 0 aliphatic rings. The number of amides is 1.